The molecule has 0 aromatic heterocycles. The molecule has 3 heteroatoms. The van der Waals surface area contributed by atoms with Crippen molar-refractivity contribution in [2.45, 2.75) is 19.4 Å². The molecule has 0 bridgehead atoms. The first-order valence-corrected chi connectivity index (χ1v) is 4.65. The molecule has 0 aliphatic heterocycles. The summed E-state index contributed by atoms with van der Waals surface area (Å²) in [6, 6.07) is 7.49. The maximum atomic E-state index is 11.2. The van der Waals surface area contributed by atoms with Crippen molar-refractivity contribution in [3.63, 3.8) is 0 Å². The van der Waals surface area contributed by atoms with E-state index in [4.69, 9.17) is 5.73 Å². The van der Waals surface area contributed by atoms with Gasteiger partial charge in [0.25, 0.3) is 0 Å². The summed E-state index contributed by atoms with van der Waals surface area (Å²) < 4.78 is 0. The van der Waals surface area contributed by atoms with Crippen molar-refractivity contribution in [1.82, 2.24) is 5.32 Å². The normalized spacial score (nSPS) is 12.4. The third kappa shape index (κ3) is 2.85. The zero-order valence-electron chi connectivity index (χ0n) is 8.58. The highest BCUT2D eigenvalue weighted by Crippen LogP contribution is 2.08. The van der Waals surface area contributed by atoms with Crippen LogP contribution in [0.3, 0.4) is 0 Å². The van der Waals surface area contributed by atoms with Gasteiger partial charge in [-0.3, -0.25) is 4.79 Å². The monoisotopic (exact) mass is 192 g/mol. The lowest BCUT2D eigenvalue weighted by Gasteiger charge is -2.12. The number of benzene rings is 1. The molecule has 3 nitrogen and oxygen atoms in total. The zero-order chi connectivity index (χ0) is 10.6. The molecule has 1 unspecified atom stereocenters. The number of ketones is 1. The van der Waals surface area contributed by atoms with Crippen LogP contribution in [-0.4, -0.2) is 18.9 Å². The van der Waals surface area contributed by atoms with E-state index in [0.717, 1.165) is 11.3 Å². The fraction of sp³-hybridized carbons (Fsp3) is 0.364. The van der Waals surface area contributed by atoms with Gasteiger partial charge in [0.15, 0.2) is 0 Å². The van der Waals surface area contributed by atoms with Gasteiger partial charge >= 0.3 is 0 Å². The van der Waals surface area contributed by atoms with E-state index in [1.165, 1.54) is 0 Å². The second-order valence-corrected chi connectivity index (χ2v) is 3.40. The van der Waals surface area contributed by atoms with E-state index in [1.807, 2.05) is 24.3 Å². The van der Waals surface area contributed by atoms with Crippen LogP contribution in [0.15, 0.2) is 24.3 Å². The number of Topliss-reactive ketones (excluding diaryl/α,β-unsaturated/α-hetero) is 1. The first-order chi connectivity index (χ1) is 6.63. The predicted molar refractivity (Wildman–Crippen MR) is 58.1 cm³/mol. The molecule has 0 spiro atoms. The Morgan fingerprint density at radius 1 is 1.43 bits per heavy atom. The summed E-state index contributed by atoms with van der Waals surface area (Å²) in [6.07, 6.45) is 0.714. The Kier molecular flexibility index (Phi) is 3.65. The van der Waals surface area contributed by atoms with Crippen molar-refractivity contribution in [1.29, 1.82) is 0 Å². The fourth-order valence-corrected chi connectivity index (χ4v) is 1.34. The summed E-state index contributed by atoms with van der Waals surface area (Å²) in [6.45, 7) is 1.60. The van der Waals surface area contributed by atoms with Crippen molar-refractivity contribution < 1.29 is 4.79 Å². The minimum absolute atomic E-state index is 0.0985. The quantitative estimate of drug-likeness (QED) is 0.699. The second kappa shape index (κ2) is 4.77. The van der Waals surface area contributed by atoms with E-state index in [1.54, 1.807) is 14.0 Å². The standard InChI is InChI=1S/C11H16N2O/c1-8(14)11(13-2)7-9-3-5-10(12)6-4-9/h3-6,11,13H,7,12H2,1-2H3. The molecule has 0 aliphatic carbocycles. The van der Waals surface area contributed by atoms with Gasteiger partial charge in [0.05, 0.1) is 6.04 Å². The minimum Gasteiger partial charge on any atom is -0.399 e. The maximum absolute atomic E-state index is 11.2. The number of likely N-dealkylation sites (N-methyl/N-ethyl adjacent to an activating group) is 1. The Morgan fingerprint density at radius 3 is 2.43 bits per heavy atom. The number of rotatable bonds is 4. The van der Waals surface area contributed by atoms with Gasteiger partial charge in [-0.1, -0.05) is 12.1 Å². The van der Waals surface area contributed by atoms with Gasteiger partial charge in [-0.05, 0) is 38.1 Å². The molecule has 1 aromatic rings. The maximum Gasteiger partial charge on any atom is 0.147 e. The van der Waals surface area contributed by atoms with Crippen LogP contribution in [0.25, 0.3) is 0 Å². The molecule has 3 N–H and O–H groups in total. The number of carbonyl (C=O) groups is 1. The molecule has 0 amide bonds. The Labute approximate surface area is 84.3 Å². The number of nitrogen functional groups attached to an aromatic ring is 1. The number of carbonyl (C=O) groups excluding carboxylic acids is 1. The molecule has 0 aliphatic rings. The van der Waals surface area contributed by atoms with Gasteiger partial charge in [0.1, 0.15) is 5.78 Å². The van der Waals surface area contributed by atoms with Crippen LogP contribution in [-0.2, 0) is 11.2 Å². The molecule has 1 atom stereocenters. The van der Waals surface area contributed by atoms with E-state index >= 15 is 0 Å². The fourth-order valence-electron chi connectivity index (χ4n) is 1.34. The van der Waals surface area contributed by atoms with Crippen molar-refractivity contribution >= 4 is 11.5 Å². The van der Waals surface area contributed by atoms with Gasteiger partial charge in [-0.2, -0.15) is 0 Å². The molecule has 1 rings (SSSR count). The third-order valence-corrected chi connectivity index (χ3v) is 2.26. The summed E-state index contributed by atoms with van der Waals surface area (Å²) in [5.74, 6) is 0.157. The number of nitrogens with two attached hydrogens (primary N) is 1. The van der Waals surface area contributed by atoms with Crippen LogP contribution in [0.5, 0.6) is 0 Å². The summed E-state index contributed by atoms with van der Waals surface area (Å²) in [4.78, 5) is 11.2. The van der Waals surface area contributed by atoms with Crippen LogP contribution >= 0.6 is 0 Å². The number of hydrogen-bond acceptors (Lipinski definition) is 3. The van der Waals surface area contributed by atoms with E-state index in [2.05, 4.69) is 5.32 Å². The minimum atomic E-state index is -0.0985. The Hall–Kier alpha value is -1.35. The Morgan fingerprint density at radius 2 is 2.00 bits per heavy atom. The number of nitrogens with one attached hydrogen (secondary N) is 1. The smallest absolute Gasteiger partial charge is 0.147 e. The van der Waals surface area contributed by atoms with Gasteiger partial charge in [-0.15, -0.1) is 0 Å². The molecule has 0 saturated carbocycles. The lowest BCUT2D eigenvalue weighted by Crippen LogP contribution is -2.34. The molecule has 0 saturated heterocycles. The van der Waals surface area contributed by atoms with Crippen LogP contribution in [0.1, 0.15) is 12.5 Å². The van der Waals surface area contributed by atoms with Crippen molar-refractivity contribution in [3.05, 3.63) is 29.8 Å². The summed E-state index contributed by atoms with van der Waals surface area (Å²) in [5.41, 5.74) is 7.43. The van der Waals surface area contributed by atoms with Gasteiger partial charge < -0.3 is 11.1 Å². The largest absolute Gasteiger partial charge is 0.399 e. The van der Waals surface area contributed by atoms with Crippen LogP contribution in [0.2, 0.25) is 0 Å². The highest BCUT2D eigenvalue weighted by Gasteiger charge is 2.11. The topological polar surface area (TPSA) is 55.1 Å². The molecule has 0 radical (unpaired) electrons. The molecule has 0 heterocycles. The first kappa shape index (κ1) is 10.7. The molecule has 14 heavy (non-hydrogen) atoms. The van der Waals surface area contributed by atoms with Crippen LogP contribution < -0.4 is 11.1 Å². The molecular weight excluding hydrogens is 176 g/mol. The van der Waals surface area contributed by atoms with Gasteiger partial charge in [0, 0.05) is 5.69 Å². The average molecular weight is 192 g/mol. The van der Waals surface area contributed by atoms with Crippen molar-refractivity contribution in [3.8, 4) is 0 Å². The molecule has 76 valence electrons. The molecule has 1 aromatic carbocycles. The summed E-state index contributed by atoms with van der Waals surface area (Å²) in [5, 5.41) is 2.98. The molecule has 0 fully saturated rings. The Balaban J connectivity index is 2.67. The SMILES string of the molecule is CNC(Cc1ccc(N)cc1)C(C)=O. The lowest BCUT2D eigenvalue weighted by molar-refractivity contribution is -0.118. The second-order valence-electron chi connectivity index (χ2n) is 3.40. The lowest BCUT2D eigenvalue weighted by atomic mass is 10.0. The van der Waals surface area contributed by atoms with Crippen LogP contribution in [0.4, 0.5) is 5.69 Å². The highest BCUT2D eigenvalue weighted by molar-refractivity contribution is 5.81. The van der Waals surface area contributed by atoms with E-state index in [9.17, 15) is 4.79 Å². The van der Waals surface area contributed by atoms with E-state index < -0.39 is 0 Å². The van der Waals surface area contributed by atoms with Gasteiger partial charge in [0.2, 0.25) is 0 Å². The van der Waals surface area contributed by atoms with Crippen LogP contribution in [0, 0.1) is 0 Å². The highest BCUT2D eigenvalue weighted by atomic mass is 16.1. The molecular formula is C11H16N2O. The van der Waals surface area contributed by atoms with Gasteiger partial charge in [-0.25, -0.2) is 0 Å². The number of anilines is 1. The first-order valence-electron chi connectivity index (χ1n) is 4.65. The van der Waals surface area contributed by atoms with Crippen molar-refractivity contribution in [2.75, 3.05) is 12.8 Å². The predicted octanol–water partition coefficient (Wildman–Crippen LogP) is 0.988. The number of hydrogen-bond donors (Lipinski definition) is 2. The Bertz CT molecular complexity index is 306. The summed E-state index contributed by atoms with van der Waals surface area (Å²) in [7, 11) is 1.80. The zero-order valence-corrected chi connectivity index (χ0v) is 8.58. The average Bonchev–Trinajstić information content (AvgIpc) is 2.16. The van der Waals surface area contributed by atoms with Crippen molar-refractivity contribution in [2.24, 2.45) is 0 Å². The summed E-state index contributed by atoms with van der Waals surface area (Å²) >= 11 is 0. The van der Waals surface area contributed by atoms with E-state index in [0.29, 0.717) is 6.42 Å². The third-order valence-electron chi connectivity index (χ3n) is 2.26. The van der Waals surface area contributed by atoms with E-state index in [-0.39, 0.29) is 11.8 Å².